The maximum Gasteiger partial charge on any atom is 0.224 e. The fraction of sp³-hybridized carbons (Fsp3) is 0.467. The number of nitrogens with one attached hydrogen (secondary N) is 1. The number of methoxy groups -OCH3 is 1. The number of nitriles is 1. The molecule has 0 radical (unpaired) electrons. The van der Waals surface area contributed by atoms with Gasteiger partial charge in [0, 0.05) is 6.42 Å². The molecule has 0 saturated carbocycles. The van der Waals surface area contributed by atoms with E-state index < -0.39 is 0 Å². The lowest BCUT2D eigenvalue weighted by atomic mass is 10.0. The van der Waals surface area contributed by atoms with Crippen LogP contribution in [-0.4, -0.2) is 19.6 Å². The second-order valence-electron chi connectivity index (χ2n) is 4.76. The first-order valence-electron chi connectivity index (χ1n) is 6.69. The molecule has 108 valence electrons. The maximum absolute atomic E-state index is 12.0. The fourth-order valence-corrected chi connectivity index (χ4v) is 1.93. The van der Waals surface area contributed by atoms with E-state index in [1.807, 2.05) is 6.07 Å². The van der Waals surface area contributed by atoms with Crippen molar-refractivity contribution in [1.29, 1.82) is 5.26 Å². The second-order valence-corrected chi connectivity index (χ2v) is 4.76. The van der Waals surface area contributed by atoms with Crippen molar-refractivity contribution in [3.05, 3.63) is 23.8 Å². The number of carbonyl (C=O) groups excluding carboxylic acids is 1. The Balaban J connectivity index is 2.68. The van der Waals surface area contributed by atoms with Crippen LogP contribution in [0.3, 0.4) is 0 Å². The van der Waals surface area contributed by atoms with Gasteiger partial charge in [0.05, 0.1) is 12.7 Å². The number of nitrogens with two attached hydrogens (primary N) is 1. The second kappa shape index (κ2) is 8.18. The molecule has 0 aliphatic rings. The number of rotatable bonds is 7. The average Bonchev–Trinajstić information content (AvgIpc) is 2.45. The zero-order chi connectivity index (χ0) is 15.0. The number of nitrogens with zero attached hydrogens (tertiary/aromatic N) is 1. The van der Waals surface area contributed by atoms with E-state index >= 15 is 0 Å². The standard InChI is InChI=1S/C15H21N3O2/c1-11(8-9-16)6-7-14(19)18-15-12(10-17)4-3-5-13(15)20-2/h3-5,11H,6-9,16H2,1-2H3,(H,18,19). The number of ether oxygens (including phenoxy) is 1. The predicted molar refractivity (Wildman–Crippen MR) is 78.4 cm³/mol. The summed E-state index contributed by atoms with van der Waals surface area (Å²) in [6.07, 6.45) is 2.09. The van der Waals surface area contributed by atoms with E-state index in [-0.39, 0.29) is 5.91 Å². The van der Waals surface area contributed by atoms with Crippen molar-refractivity contribution in [2.45, 2.75) is 26.2 Å². The van der Waals surface area contributed by atoms with Crippen LogP contribution in [0.5, 0.6) is 5.75 Å². The number of benzene rings is 1. The minimum Gasteiger partial charge on any atom is -0.495 e. The molecule has 0 aliphatic carbocycles. The molecule has 0 bridgehead atoms. The number of hydrogen-bond donors (Lipinski definition) is 2. The minimum absolute atomic E-state index is 0.116. The first-order valence-corrected chi connectivity index (χ1v) is 6.69. The van der Waals surface area contributed by atoms with Crippen LogP contribution in [0.1, 0.15) is 31.7 Å². The highest BCUT2D eigenvalue weighted by atomic mass is 16.5. The first kappa shape index (κ1) is 16.0. The monoisotopic (exact) mass is 275 g/mol. The van der Waals surface area contributed by atoms with E-state index in [4.69, 9.17) is 15.7 Å². The molecule has 20 heavy (non-hydrogen) atoms. The fourth-order valence-electron chi connectivity index (χ4n) is 1.93. The zero-order valence-corrected chi connectivity index (χ0v) is 12.0. The minimum atomic E-state index is -0.116. The Kier molecular flexibility index (Phi) is 6.54. The molecule has 1 amide bonds. The number of para-hydroxylation sites is 1. The highest BCUT2D eigenvalue weighted by molar-refractivity contribution is 5.93. The zero-order valence-electron chi connectivity index (χ0n) is 12.0. The topological polar surface area (TPSA) is 88.1 Å². The van der Waals surface area contributed by atoms with Gasteiger partial charge >= 0.3 is 0 Å². The normalized spacial score (nSPS) is 11.5. The maximum atomic E-state index is 12.0. The molecular weight excluding hydrogens is 254 g/mol. The van der Waals surface area contributed by atoms with Crippen molar-refractivity contribution in [2.75, 3.05) is 19.0 Å². The number of anilines is 1. The third kappa shape index (κ3) is 4.56. The van der Waals surface area contributed by atoms with Gasteiger partial charge in [0.2, 0.25) is 5.91 Å². The Morgan fingerprint density at radius 1 is 1.50 bits per heavy atom. The first-order chi connectivity index (χ1) is 9.62. The molecular formula is C15H21N3O2. The van der Waals surface area contributed by atoms with Crippen LogP contribution in [-0.2, 0) is 4.79 Å². The van der Waals surface area contributed by atoms with Crippen LogP contribution in [0, 0.1) is 17.2 Å². The summed E-state index contributed by atoms with van der Waals surface area (Å²) in [5, 5.41) is 11.8. The average molecular weight is 275 g/mol. The smallest absolute Gasteiger partial charge is 0.224 e. The SMILES string of the molecule is COc1cccc(C#N)c1NC(=O)CCC(C)CCN. The molecule has 1 unspecified atom stereocenters. The molecule has 5 heteroatoms. The molecule has 1 atom stereocenters. The molecule has 1 rings (SSSR count). The van der Waals surface area contributed by atoms with Gasteiger partial charge in [-0.25, -0.2) is 0 Å². The van der Waals surface area contributed by atoms with Crippen LogP contribution in [0.2, 0.25) is 0 Å². The third-order valence-electron chi connectivity index (χ3n) is 3.15. The molecule has 0 spiro atoms. The highest BCUT2D eigenvalue weighted by Crippen LogP contribution is 2.28. The van der Waals surface area contributed by atoms with Gasteiger partial charge in [-0.2, -0.15) is 5.26 Å². The Bertz CT molecular complexity index is 494. The van der Waals surface area contributed by atoms with E-state index in [1.54, 1.807) is 18.2 Å². The molecule has 0 heterocycles. The van der Waals surface area contributed by atoms with Gasteiger partial charge in [0.25, 0.3) is 0 Å². The summed E-state index contributed by atoms with van der Waals surface area (Å²) in [6.45, 7) is 2.71. The summed E-state index contributed by atoms with van der Waals surface area (Å²) < 4.78 is 5.17. The van der Waals surface area contributed by atoms with Gasteiger partial charge in [-0.15, -0.1) is 0 Å². The van der Waals surface area contributed by atoms with Gasteiger partial charge in [-0.3, -0.25) is 4.79 Å². The lowest BCUT2D eigenvalue weighted by molar-refractivity contribution is -0.116. The Labute approximate surface area is 119 Å². The van der Waals surface area contributed by atoms with Crippen LogP contribution < -0.4 is 15.8 Å². The van der Waals surface area contributed by atoms with Crippen LogP contribution in [0.15, 0.2) is 18.2 Å². The predicted octanol–water partition coefficient (Wildman–Crippen LogP) is 2.27. The summed E-state index contributed by atoms with van der Waals surface area (Å²) in [6, 6.07) is 7.13. The van der Waals surface area contributed by atoms with Crippen molar-refractivity contribution in [3.63, 3.8) is 0 Å². The quantitative estimate of drug-likeness (QED) is 0.799. The van der Waals surface area contributed by atoms with E-state index in [9.17, 15) is 4.79 Å². The third-order valence-corrected chi connectivity index (χ3v) is 3.15. The van der Waals surface area contributed by atoms with Crippen LogP contribution >= 0.6 is 0 Å². The molecule has 0 aromatic heterocycles. The van der Waals surface area contributed by atoms with Gasteiger partial charge in [0.1, 0.15) is 17.5 Å². The summed E-state index contributed by atoms with van der Waals surface area (Å²) in [7, 11) is 1.51. The van der Waals surface area contributed by atoms with Gasteiger partial charge < -0.3 is 15.8 Å². The number of carbonyl (C=O) groups is 1. The highest BCUT2D eigenvalue weighted by Gasteiger charge is 2.13. The summed E-state index contributed by atoms with van der Waals surface area (Å²) in [5.41, 5.74) is 6.32. The van der Waals surface area contributed by atoms with E-state index in [1.165, 1.54) is 7.11 Å². The van der Waals surface area contributed by atoms with E-state index in [2.05, 4.69) is 12.2 Å². The Morgan fingerprint density at radius 3 is 2.85 bits per heavy atom. The lowest BCUT2D eigenvalue weighted by Crippen LogP contribution is -2.15. The molecule has 1 aromatic carbocycles. The van der Waals surface area contributed by atoms with Crippen molar-refractivity contribution < 1.29 is 9.53 Å². The van der Waals surface area contributed by atoms with Gasteiger partial charge in [-0.05, 0) is 37.4 Å². The van der Waals surface area contributed by atoms with Crippen molar-refractivity contribution in [2.24, 2.45) is 11.7 Å². The van der Waals surface area contributed by atoms with Gasteiger partial charge in [0.15, 0.2) is 0 Å². The molecule has 0 aliphatic heterocycles. The Morgan fingerprint density at radius 2 is 2.25 bits per heavy atom. The van der Waals surface area contributed by atoms with Crippen molar-refractivity contribution in [1.82, 2.24) is 0 Å². The van der Waals surface area contributed by atoms with Crippen LogP contribution in [0.4, 0.5) is 5.69 Å². The summed E-state index contributed by atoms with van der Waals surface area (Å²) in [4.78, 5) is 12.0. The molecule has 3 N–H and O–H groups in total. The lowest BCUT2D eigenvalue weighted by Gasteiger charge is -2.13. The summed E-state index contributed by atoms with van der Waals surface area (Å²) >= 11 is 0. The van der Waals surface area contributed by atoms with Crippen molar-refractivity contribution >= 4 is 11.6 Å². The molecule has 0 saturated heterocycles. The van der Waals surface area contributed by atoms with E-state index in [0.29, 0.717) is 35.9 Å². The van der Waals surface area contributed by atoms with E-state index in [0.717, 1.165) is 12.8 Å². The Hall–Kier alpha value is -2.06. The largest absolute Gasteiger partial charge is 0.495 e. The molecule has 0 fully saturated rings. The van der Waals surface area contributed by atoms with Crippen molar-refractivity contribution in [3.8, 4) is 11.8 Å². The van der Waals surface area contributed by atoms with Crippen LogP contribution in [0.25, 0.3) is 0 Å². The number of amides is 1. The van der Waals surface area contributed by atoms with Gasteiger partial charge in [-0.1, -0.05) is 13.0 Å². The molecule has 5 nitrogen and oxygen atoms in total. The molecule has 1 aromatic rings. The summed E-state index contributed by atoms with van der Waals surface area (Å²) in [5.74, 6) is 0.793. The number of hydrogen-bond acceptors (Lipinski definition) is 4.